The molecule has 1 aromatic carbocycles. The van der Waals surface area contributed by atoms with Crippen molar-refractivity contribution in [1.82, 2.24) is 19.8 Å². The molecule has 1 unspecified atom stereocenters. The minimum Gasteiger partial charge on any atom is -0.384 e. The van der Waals surface area contributed by atoms with Crippen molar-refractivity contribution >= 4 is 23.1 Å². The number of piperidine rings is 1. The first kappa shape index (κ1) is 24.8. The second-order valence-corrected chi connectivity index (χ2v) is 10.8. The van der Waals surface area contributed by atoms with E-state index in [2.05, 4.69) is 66.6 Å². The molecule has 0 aliphatic carbocycles. The number of aromatic nitrogens is 2. The lowest BCUT2D eigenvalue weighted by atomic mass is 9.95. The van der Waals surface area contributed by atoms with Gasteiger partial charge in [0.1, 0.15) is 5.82 Å². The van der Waals surface area contributed by atoms with Gasteiger partial charge in [0.25, 0.3) is 0 Å². The van der Waals surface area contributed by atoms with E-state index in [0.29, 0.717) is 6.54 Å². The predicted molar refractivity (Wildman–Crippen MR) is 153 cm³/mol. The second kappa shape index (κ2) is 11.1. The number of likely N-dealkylation sites (N-methyl/N-ethyl adjacent to an activating group) is 1. The Morgan fingerprint density at radius 1 is 0.947 bits per heavy atom. The molecule has 2 saturated heterocycles. The standard InChI is InChI=1S/C30H37N7O/c1-35-11-13-37(14-12-35)29-8-6-25(19-33-29)34-30(38)27-20-32-28-7-5-23(16-26(27)28)24-15-22(17-31-18-24)21-36-9-3-2-4-10-36/h5-8,15-19,27,32H,2-4,9-14,20-21H2,1H3,(H,34,38). The first-order valence-electron chi connectivity index (χ1n) is 13.9. The van der Waals surface area contributed by atoms with Crippen LogP contribution in [0.3, 0.4) is 0 Å². The average molecular weight is 512 g/mol. The molecule has 198 valence electrons. The van der Waals surface area contributed by atoms with Gasteiger partial charge in [0.15, 0.2) is 0 Å². The molecule has 1 amide bonds. The van der Waals surface area contributed by atoms with Crippen molar-refractivity contribution in [3.8, 4) is 11.1 Å². The van der Waals surface area contributed by atoms with E-state index in [4.69, 9.17) is 0 Å². The summed E-state index contributed by atoms with van der Waals surface area (Å²) in [4.78, 5) is 29.6. The molecule has 6 rings (SSSR count). The molecule has 3 aromatic rings. The van der Waals surface area contributed by atoms with Crippen molar-refractivity contribution < 1.29 is 4.79 Å². The summed E-state index contributed by atoms with van der Waals surface area (Å²) in [7, 11) is 2.15. The first-order chi connectivity index (χ1) is 18.6. The van der Waals surface area contributed by atoms with Gasteiger partial charge in [0.05, 0.1) is 17.8 Å². The lowest BCUT2D eigenvalue weighted by molar-refractivity contribution is -0.117. The smallest absolute Gasteiger partial charge is 0.233 e. The van der Waals surface area contributed by atoms with Crippen molar-refractivity contribution in [2.24, 2.45) is 0 Å². The number of hydrogen-bond donors (Lipinski definition) is 2. The zero-order valence-electron chi connectivity index (χ0n) is 22.2. The Kier molecular flexibility index (Phi) is 7.25. The van der Waals surface area contributed by atoms with Crippen LogP contribution < -0.4 is 15.5 Å². The molecule has 38 heavy (non-hydrogen) atoms. The van der Waals surface area contributed by atoms with Gasteiger partial charge in [-0.25, -0.2) is 4.98 Å². The topological polar surface area (TPSA) is 76.6 Å². The molecular formula is C30H37N7O. The van der Waals surface area contributed by atoms with Crippen LogP contribution in [0, 0.1) is 0 Å². The molecule has 5 heterocycles. The Morgan fingerprint density at radius 3 is 2.58 bits per heavy atom. The molecule has 3 aliphatic heterocycles. The third-order valence-corrected chi connectivity index (χ3v) is 8.07. The summed E-state index contributed by atoms with van der Waals surface area (Å²) in [5.41, 5.74) is 6.21. The number of nitrogens with one attached hydrogen (secondary N) is 2. The van der Waals surface area contributed by atoms with Crippen LogP contribution in [0.2, 0.25) is 0 Å². The predicted octanol–water partition coefficient (Wildman–Crippen LogP) is 4.03. The van der Waals surface area contributed by atoms with Gasteiger partial charge in [-0.1, -0.05) is 12.5 Å². The van der Waals surface area contributed by atoms with Gasteiger partial charge < -0.3 is 20.4 Å². The fourth-order valence-corrected chi connectivity index (χ4v) is 5.77. The molecule has 2 fully saturated rings. The van der Waals surface area contributed by atoms with Gasteiger partial charge in [0.2, 0.25) is 5.91 Å². The number of nitrogens with zero attached hydrogens (tertiary/aromatic N) is 5. The number of fused-ring (bicyclic) bond motifs is 1. The van der Waals surface area contributed by atoms with E-state index in [1.165, 1.54) is 37.9 Å². The largest absolute Gasteiger partial charge is 0.384 e. The monoisotopic (exact) mass is 511 g/mol. The minimum absolute atomic E-state index is 0.0143. The Bertz CT molecular complexity index is 1260. The van der Waals surface area contributed by atoms with Crippen LogP contribution in [0.1, 0.15) is 36.3 Å². The van der Waals surface area contributed by atoms with E-state index in [1.54, 1.807) is 6.20 Å². The summed E-state index contributed by atoms with van der Waals surface area (Å²) in [6.45, 7) is 7.88. The van der Waals surface area contributed by atoms with Crippen LogP contribution in [-0.4, -0.2) is 78.5 Å². The van der Waals surface area contributed by atoms with Gasteiger partial charge in [0, 0.05) is 62.9 Å². The maximum Gasteiger partial charge on any atom is 0.233 e. The minimum atomic E-state index is -0.258. The summed E-state index contributed by atoms with van der Waals surface area (Å²) in [5, 5.41) is 6.50. The molecule has 1 atom stereocenters. The van der Waals surface area contributed by atoms with E-state index < -0.39 is 0 Å². The highest BCUT2D eigenvalue weighted by molar-refractivity contribution is 5.98. The van der Waals surface area contributed by atoms with Crippen molar-refractivity contribution in [3.05, 3.63) is 66.1 Å². The molecule has 0 saturated carbocycles. The van der Waals surface area contributed by atoms with Crippen LogP contribution in [0.5, 0.6) is 0 Å². The van der Waals surface area contributed by atoms with E-state index in [-0.39, 0.29) is 11.8 Å². The molecule has 0 bridgehead atoms. The Labute approximate surface area is 225 Å². The van der Waals surface area contributed by atoms with Crippen molar-refractivity contribution in [3.63, 3.8) is 0 Å². The van der Waals surface area contributed by atoms with Crippen molar-refractivity contribution in [2.75, 3.05) is 68.4 Å². The van der Waals surface area contributed by atoms with Gasteiger partial charge in [-0.15, -0.1) is 0 Å². The Hall–Kier alpha value is -3.49. The highest BCUT2D eigenvalue weighted by atomic mass is 16.1. The van der Waals surface area contributed by atoms with Crippen LogP contribution in [0.25, 0.3) is 11.1 Å². The number of hydrogen-bond acceptors (Lipinski definition) is 7. The highest BCUT2D eigenvalue weighted by Gasteiger charge is 2.29. The van der Waals surface area contributed by atoms with Crippen molar-refractivity contribution in [2.45, 2.75) is 31.7 Å². The van der Waals surface area contributed by atoms with E-state index in [0.717, 1.165) is 66.6 Å². The number of benzene rings is 1. The lowest BCUT2D eigenvalue weighted by Crippen LogP contribution is -2.44. The average Bonchev–Trinajstić information content (AvgIpc) is 3.38. The van der Waals surface area contributed by atoms with Gasteiger partial charge in [-0.3, -0.25) is 14.7 Å². The number of carbonyl (C=O) groups excluding carboxylic acids is 1. The molecule has 2 aromatic heterocycles. The maximum atomic E-state index is 13.3. The second-order valence-electron chi connectivity index (χ2n) is 10.8. The fraction of sp³-hybridized carbons (Fsp3) is 0.433. The summed E-state index contributed by atoms with van der Waals surface area (Å²) in [6, 6.07) is 12.6. The van der Waals surface area contributed by atoms with Crippen LogP contribution >= 0.6 is 0 Å². The van der Waals surface area contributed by atoms with Crippen LogP contribution in [-0.2, 0) is 11.3 Å². The van der Waals surface area contributed by atoms with E-state index >= 15 is 0 Å². The summed E-state index contributed by atoms with van der Waals surface area (Å²) in [5.74, 6) is 0.691. The zero-order valence-corrected chi connectivity index (χ0v) is 22.2. The van der Waals surface area contributed by atoms with Crippen LogP contribution in [0.15, 0.2) is 55.0 Å². The van der Waals surface area contributed by atoms with Crippen molar-refractivity contribution in [1.29, 1.82) is 0 Å². The number of amides is 1. The van der Waals surface area contributed by atoms with Gasteiger partial charge in [-0.2, -0.15) is 0 Å². The van der Waals surface area contributed by atoms with E-state index in [1.807, 2.05) is 24.5 Å². The molecule has 0 radical (unpaired) electrons. The van der Waals surface area contributed by atoms with Gasteiger partial charge in [-0.05, 0) is 80.0 Å². The number of piperazine rings is 1. The van der Waals surface area contributed by atoms with Gasteiger partial charge >= 0.3 is 0 Å². The number of rotatable bonds is 6. The number of carbonyl (C=O) groups is 1. The zero-order chi connectivity index (χ0) is 25.9. The maximum absolute atomic E-state index is 13.3. The molecule has 2 N–H and O–H groups in total. The molecule has 8 nitrogen and oxygen atoms in total. The normalized spacial score (nSPS) is 20.1. The quantitative estimate of drug-likeness (QED) is 0.518. The fourth-order valence-electron chi connectivity index (χ4n) is 5.77. The summed E-state index contributed by atoms with van der Waals surface area (Å²) < 4.78 is 0. The molecular weight excluding hydrogens is 474 g/mol. The Balaban J connectivity index is 1.13. The summed E-state index contributed by atoms with van der Waals surface area (Å²) in [6.07, 6.45) is 9.57. The van der Waals surface area contributed by atoms with E-state index in [9.17, 15) is 4.79 Å². The SMILES string of the molecule is CN1CCN(c2ccc(NC(=O)C3CNc4ccc(-c5cncc(CN6CCCCC6)c5)cc43)cn2)CC1. The highest BCUT2D eigenvalue weighted by Crippen LogP contribution is 2.36. The summed E-state index contributed by atoms with van der Waals surface area (Å²) >= 11 is 0. The number of pyridine rings is 2. The third-order valence-electron chi connectivity index (χ3n) is 8.07. The first-order valence-corrected chi connectivity index (χ1v) is 13.9. The third kappa shape index (κ3) is 5.51. The molecule has 0 spiro atoms. The molecule has 8 heteroatoms. The number of likely N-dealkylation sites (tertiary alicyclic amines) is 1. The lowest BCUT2D eigenvalue weighted by Gasteiger charge is -2.33. The van der Waals surface area contributed by atoms with Crippen LogP contribution in [0.4, 0.5) is 17.2 Å². The Morgan fingerprint density at radius 2 is 1.79 bits per heavy atom. The number of anilines is 3. The molecule has 3 aliphatic rings.